The minimum atomic E-state index is 0.153. The molecule has 0 amide bonds. The van der Waals surface area contributed by atoms with E-state index in [1.54, 1.807) is 6.20 Å². The number of para-hydroxylation sites is 1. The average molecular weight is 360 g/mol. The van der Waals surface area contributed by atoms with Crippen molar-refractivity contribution in [2.24, 2.45) is 0 Å². The topological polar surface area (TPSA) is 68.4 Å². The van der Waals surface area contributed by atoms with Gasteiger partial charge in [0.15, 0.2) is 5.65 Å². The Morgan fingerprint density at radius 2 is 2.00 bits per heavy atom. The van der Waals surface area contributed by atoms with Gasteiger partial charge in [0.05, 0.1) is 23.9 Å². The molecule has 7 nitrogen and oxygen atoms in total. The van der Waals surface area contributed by atoms with E-state index in [-0.39, 0.29) is 6.10 Å². The van der Waals surface area contributed by atoms with E-state index in [0.717, 1.165) is 53.5 Å². The van der Waals surface area contributed by atoms with Gasteiger partial charge in [-0.3, -0.25) is 4.98 Å². The molecule has 4 aromatic rings. The third kappa shape index (κ3) is 3.00. The fourth-order valence-corrected chi connectivity index (χ4v) is 3.58. The van der Waals surface area contributed by atoms with Gasteiger partial charge < -0.3 is 9.64 Å². The minimum Gasteiger partial charge on any atom is -0.370 e. The third-order valence-electron chi connectivity index (χ3n) is 4.89. The smallest absolute Gasteiger partial charge is 0.229 e. The number of ether oxygens (including phenoxy) is 1. The number of anilines is 1. The van der Waals surface area contributed by atoms with E-state index in [1.165, 1.54) is 0 Å². The van der Waals surface area contributed by atoms with Gasteiger partial charge >= 0.3 is 0 Å². The molecule has 0 saturated carbocycles. The molecule has 1 fully saturated rings. The van der Waals surface area contributed by atoms with Crippen LogP contribution in [0.1, 0.15) is 17.9 Å². The number of hydrogen-bond donors (Lipinski definition) is 0. The van der Waals surface area contributed by atoms with Gasteiger partial charge in [-0.05, 0) is 37.6 Å². The normalized spacial score (nSPS) is 17.2. The Bertz CT molecular complexity index is 1090. The van der Waals surface area contributed by atoms with Crippen molar-refractivity contribution in [3.63, 3.8) is 0 Å². The predicted molar refractivity (Wildman–Crippen MR) is 103 cm³/mol. The molecular formula is C20H20N6O. The summed E-state index contributed by atoms with van der Waals surface area (Å²) in [7, 11) is 0. The lowest BCUT2D eigenvalue weighted by Crippen LogP contribution is -2.26. The highest BCUT2D eigenvalue weighted by Crippen LogP contribution is 2.26. The lowest BCUT2D eigenvalue weighted by molar-refractivity contribution is 0.0533. The zero-order valence-corrected chi connectivity index (χ0v) is 15.1. The van der Waals surface area contributed by atoms with Crippen molar-refractivity contribution >= 4 is 22.5 Å². The zero-order valence-electron chi connectivity index (χ0n) is 15.1. The second-order valence-corrected chi connectivity index (χ2v) is 6.81. The van der Waals surface area contributed by atoms with Crippen LogP contribution in [0.5, 0.6) is 0 Å². The first-order valence-corrected chi connectivity index (χ1v) is 9.16. The van der Waals surface area contributed by atoms with Gasteiger partial charge in [0.25, 0.3) is 0 Å². The Labute approximate surface area is 156 Å². The molecule has 0 bridgehead atoms. The molecule has 0 spiro atoms. The number of hydrogen-bond acceptors (Lipinski definition) is 6. The first kappa shape index (κ1) is 16.1. The Hall–Kier alpha value is -3.06. The van der Waals surface area contributed by atoms with Gasteiger partial charge in [0.2, 0.25) is 5.95 Å². The SMILES string of the molecule is Cc1nc2c3ccccc3nc(N3CC[C@H](OCc4ccccn4)C3)n2n1. The number of benzene rings is 1. The zero-order chi connectivity index (χ0) is 18.2. The third-order valence-corrected chi connectivity index (χ3v) is 4.89. The van der Waals surface area contributed by atoms with Crippen LogP contribution in [0.4, 0.5) is 5.95 Å². The first-order chi connectivity index (χ1) is 13.3. The van der Waals surface area contributed by atoms with Gasteiger partial charge in [0, 0.05) is 24.7 Å². The highest BCUT2D eigenvalue weighted by Gasteiger charge is 2.27. The van der Waals surface area contributed by atoms with Crippen LogP contribution in [0.2, 0.25) is 0 Å². The summed E-state index contributed by atoms with van der Waals surface area (Å²) < 4.78 is 7.93. The van der Waals surface area contributed by atoms with Crippen LogP contribution in [0.25, 0.3) is 16.6 Å². The van der Waals surface area contributed by atoms with E-state index in [2.05, 4.69) is 20.0 Å². The lowest BCUT2D eigenvalue weighted by Gasteiger charge is -2.18. The summed E-state index contributed by atoms with van der Waals surface area (Å²) in [4.78, 5) is 16.0. The summed E-state index contributed by atoms with van der Waals surface area (Å²) in [6.07, 6.45) is 2.90. The van der Waals surface area contributed by atoms with Crippen LogP contribution in [-0.4, -0.2) is 43.8 Å². The van der Waals surface area contributed by atoms with Crippen LogP contribution in [0, 0.1) is 6.92 Å². The number of rotatable bonds is 4. The maximum absolute atomic E-state index is 6.07. The highest BCUT2D eigenvalue weighted by atomic mass is 16.5. The molecule has 4 heterocycles. The molecule has 0 aliphatic carbocycles. The standard InChI is InChI=1S/C20H20N6O/c1-14-22-19-17-7-2-3-8-18(17)23-20(26(19)24-14)25-11-9-16(12-25)27-13-15-6-4-5-10-21-15/h2-8,10,16H,9,11-13H2,1H3/t16-/m0/s1. The monoisotopic (exact) mass is 360 g/mol. The quantitative estimate of drug-likeness (QED) is 0.557. The highest BCUT2D eigenvalue weighted by molar-refractivity contribution is 5.92. The van der Waals surface area contributed by atoms with E-state index in [4.69, 9.17) is 9.72 Å². The number of nitrogens with zero attached hydrogens (tertiary/aromatic N) is 6. The molecule has 1 saturated heterocycles. The van der Waals surface area contributed by atoms with E-state index in [9.17, 15) is 0 Å². The molecule has 27 heavy (non-hydrogen) atoms. The summed E-state index contributed by atoms with van der Waals surface area (Å²) in [6, 6.07) is 13.9. The molecule has 3 aromatic heterocycles. The summed E-state index contributed by atoms with van der Waals surface area (Å²) in [5, 5.41) is 5.59. The van der Waals surface area contributed by atoms with Crippen molar-refractivity contribution in [3.05, 3.63) is 60.2 Å². The Morgan fingerprint density at radius 3 is 2.89 bits per heavy atom. The predicted octanol–water partition coefficient (Wildman–Crippen LogP) is 2.78. The van der Waals surface area contributed by atoms with Gasteiger partial charge in [-0.25, -0.2) is 9.97 Å². The minimum absolute atomic E-state index is 0.153. The Morgan fingerprint density at radius 1 is 1.11 bits per heavy atom. The molecule has 0 N–H and O–H groups in total. The van der Waals surface area contributed by atoms with E-state index in [0.29, 0.717) is 6.61 Å². The first-order valence-electron chi connectivity index (χ1n) is 9.16. The van der Waals surface area contributed by atoms with Crippen LogP contribution < -0.4 is 4.90 Å². The summed E-state index contributed by atoms with van der Waals surface area (Å²) in [5.41, 5.74) is 2.74. The maximum atomic E-state index is 6.07. The maximum Gasteiger partial charge on any atom is 0.229 e. The number of aromatic nitrogens is 5. The largest absolute Gasteiger partial charge is 0.370 e. The average Bonchev–Trinajstić information content (AvgIpc) is 3.33. The van der Waals surface area contributed by atoms with Crippen molar-refractivity contribution in [1.29, 1.82) is 0 Å². The van der Waals surface area contributed by atoms with Gasteiger partial charge in [-0.15, -0.1) is 5.10 Å². The summed E-state index contributed by atoms with van der Waals surface area (Å²) >= 11 is 0. The molecular weight excluding hydrogens is 340 g/mol. The second kappa shape index (κ2) is 6.59. The van der Waals surface area contributed by atoms with E-state index in [1.807, 2.05) is 53.9 Å². The van der Waals surface area contributed by atoms with Crippen LogP contribution in [-0.2, 0) is 11.3 Å². The van der Waals surface area contributed by atoms with Crippen LogP contribution >= 0.6 is 0 Å². The van der Waals surface area contributed by atoms with Crippen molar-refractivity contribution in [1.82, 2.24) is 24.6 Å². The molecule has 7 heteroatoms. The molecule has 0 unspecified atom stereocenters. The van der Waals surface area contributed by atoms with Crippen molar-refractivity contribution in [3.8, 4) is 0 Å². The van der Waals surface area contributed by atoms with Crippen molar-refractivity contribution in [2.45, 2.75) is 26.1 Å². The molecule has 1 aromatic carbocycles. The molecule has 0 radical (unpaired) electrons. The Balaban J connectivity index is 1.42. The van der Waals surface area contributed by atoms with Gasteiger partial charge in [0.1, 0.15) is 5.82 Å². The lowest BCUT2D eigenvalue weighted by atomic mass is 10.2. The summed E-state index contributed by atoms with van der Waals surface area (Å²) in [5.74, 6) is 1.57. The molecule has 5 rings (SSSR count). The molecule has 136 valence electrons. The van der Waals surface area contributed by atoms with Gasteiger partial charge in [-0.2, -0.15) is 4.52 Å². The fraction of sp³-hybridized carbons (Fsp3) is 0.300. The molecule has 1 aliphatic heterocycles. The molecule has 1 atom stereocenters. The second-order valence-electron chi connectivity index (χ2n) is 6.81. The number of pyridine rings is 1. The summed E-state index contributed by atoms with van der Waals surface area (Å²) in [6.45, 7) is 4.11. The Kier molecular flexibility index (Phi) is 3.94. The van der Waals surface area contributed by atoms with Crippen molar-refractivity contribution in [2.75, 3.05) is 18.0 Å². The van der Waals surface area contributed by atoms with Crippen LogP contribution in [0.15, 0.2) is 48.7 Å². The number of fused-ring (bicyclic) bond motifs is 3. The van der Waals surface area contributed by atoms with Crippen LogP contribution in [0.3, 0.4) is 0 Å². The number of aryl methyl sites for hydroxylation is 1. The van der Waals surface area contributed by atoms with Crippen molar-refractivity contribution < 1.29 is 4.74 Å². The molecule has 1 aliphatic rings. The van der Waals surface area contributed by atoms with Gasteiger partial charge in [-0.1, -0.05) is 18.2 Å². The van der Waals surface area contributed by atoms with E-state index >= 15 is 0 Å². The van der Waals surface area contributed by atoms with E-state index < -0.39 is 0 Å². The fourth-order valence-electron chi connectivity index (χ4n) is 3.58.